The van der Waals surface area contributed by atoms with Crippen LogP contribution in [0.25, 0.3) is 0 Å². The number of aromatic amines is 1. The molecule has 0 bridgehead atoms. The highest BCUT2D eigenvalue weighted by atomic mass is 79.9. The maximum atomic E-state index is 5.78. The third-order valence-electron chi connectivity index (χ3n) is 2.74. The van der Waals surface area contributed by atoms with E-state index in [4.69, 9.17) is 4.74 Å². The van der Waals surface area contributed by atoms with Gasteiger partial charge in [-0.3, -0.25) is 0 Å². The fourth-order valence-electron chi connectivity index (χ4n) is 1.76. The van der Waals surface area contributed by atoms with Crippen LogP contribution in [0.4, 0.5) is 0 Å². The summed E-state index contributed by atoms with van der Waals surface area (Å²) < 4.78 is 8.66. The minimum Gasteiger partial charge on any atom is -0.490 e. The van der Waals surface area contributed by atoms with Crippen molar-refractivity contribution in [2.24, 2.45) is 0 Å². The van der Waals surface area contributed by atoms with Crippen molar-refractivity contribution < 1.29 is 4.74 Å². The van der Waals surface area contributed by atoms with Gasteiger partial charge in [-0.1, -0.05) is 15.9 Å². The van der Waals surface area contributed by atoms with Crippen molar-refractivity contribution >= 4 is 47.8 Å². The summed E-state index contributed by atoms with van der Waals surface area (Å²) in [5.74, 6) is 0.834. The Labute approximate surface area is 143 Å². The molecule has 0 amide bonds. The van der Waals surface area contributed by atoms with Crippen molar-refractivity contribution in [1.29, 1.82) is 0 Å². The molecule has 2 aromatic rings. The van der Waals surface area contributed by atoms with E-state index in [-0.39, 0.29) is 0 Å². The number of hydrogen-bond acceptors (Lipinski definition) is 2. The van der Waals surface area contributed by atoms with Crippen molar-refractivity contribution in [2.45, 2.75) is 6.42 Å². The second kappa shape index (κ2) is 8.22. The van der Waals surface area contributed by atoms with Gasteiger partial charge in [0.1, 0.15) is 12.4 Å². The van der Waals surface area contributed by atoms with E-state index < -0.39 is 0 Å². The molecular weight excluding hydrogens is 452 g/mol. The Hall–Kier alpha value is -0.300. The van der Waals surface area contributed by atoms with Gasteiger partial charge in [-0.25, -0.2) is 0 Å². The van der Waals surface area contributed by atoms with Gasteiger partial charge in [0.15, 0.2) is 0 Å². The number of rotatable bonds is 7. The Morgan fingerprint density at radius 3 is 2.50 bits per heavy atom. The summed E-state index contributed by atoms with van der Waals surface area (Å²) in [5.41, 5.74) is 1.32. The highest BCUT2D eigenvalue weighted by molar-refractivity contribution is 9.11. The predicted molar refractivity (Wildman–Crippen MR) is 92.4 cm³/mol. The van der Waals surface area contributed by atoms with Crippen LogP contribution in [0.3, 0.4) is 0 Å². The average molecular weight is 467 g/mol. The van der Waals surface area contributed by atoms with Crippen molar-refractivity contribution in [3.63, 3.8) is 0 Å². The van der Waals surface area contributed by atoms with Crippen LogP contribution in [0.15, 0.2) is 44.0 Å². The van der Waals surface area contributed by atoms with E-state index in [1.54, 1.807) is 0 Å². The smallest absolute Gasteiger partial charge is 0.147 e. The Morgan fingerprint density at radius 1 is 1.10 bits per heavy atom. The first-order valence-electron chi connectivity index (χ1n) is 6.26. The molecule has 0 atom stereocenters. The van der Waals surface area contributed by atoms with E-state index in [2.05, 4.69) is 64.2 Å². The van der Waals surface area contributed by atoms with Crippen LogP contribution < -0.4 is 10.1 Å². The van der Waals surface area contributed by atoms with Gasteiger partial charge in [0.05, 0.1) is 8.95 Å². The van der Waals surface area contributed by atoms with Gasteiger partial charge >= 0.3 is 0 Å². The molecule has 0 radical (unpaired) electrons. The molecule has 0 saturated carbocycles. The molecule has 2 rings (SSSR count). The van der Waals surface area contributed by atoms with Crippen molar-refractivity contribution in [2.75, 3.05) is 19.7 Å². The van der Waals surface area contributed by atoms with Crippen molar-refractivity contribution in [3.8, 4) is 5.75 Å². The van der Waals surface area contributed by atoms with Crippen LogP contribution in [0.5, 0.6) is 5.75 Å². The first kappa shape index (κ1) is 16.1. The normalized spacial score (nSPS) is 10.8. The summed E-state index contributed by atoms with van der Waals surface area (Å²) in [5, 5.41) is 3.37. The lowest BCUT2D eigenvalue weighted by atomic mass is 10.2. The van der Waals surface area contributed by atoms with E-state index in [1.165, 1.54) is 5.56 Å². The molecule has 0 aliphatic carbocycles. The third kappa shape index (κ3) is 4.91. The SMILES string of the molecule is Brc1cc(Br)c(OCCNCCc2cc[nH]c2)c(Br)c1. The lowest BCUT2D eigenvalue weighted by Crippen LogP contribution is -2.23. The van der Waals surface area contributed by atoms with Crippen LogP contribution in [-0.4, -0.2) is 24.7 Å². The molecular formula is C14H15Br3N2O. The van der Waals surface area contributed by atoms with Gasteiger partial charge in [0.2, 0.25) is 0 Å². The molecule has 1 aromatic heterocycles. The number of halogens is 3. The monoisotopic (exact) mass is 464 g/mol. The zero-order valence-corrected chi connectivity index (χ0v) is 15.5. The molecule has 0 spiro atoms. The van der Waals surface area contributed by atoms with Crippen LogP contribution in [0.2, 0.25) is 0 Å². The van der Waals surface area contributed by atoms with Gasteiger partial charge in [-0.2, -0.15) is 0 Å². The second-order valence-corrected chi connectivity index (χ2v) is 6.89. The number of hydrogen-bond donors (Lipinski definition) is 2. The van der Waals surface area contributed by atoms with E-state index in [9.17, 15) is 0 Å². The average Bonchev–Trinajstić information content (AvgIpc) is 2.89. The van der Waals surface area contributed by atoms with Crippen molar-refractivity contribution in [3.05, 3.63) is 49.6 Å². The number of ether oxygens (including phenoxy) is 1. The molecule has 6 heteroatoms. The summed E-state index contributed by atoms with van der Waals surface area (Å²) in [6.45, 7) is 2.40. The molecule has 20 heavy (non-hydrogen) atoms. The zero-order valence-electron chi connectivity index (χ0n) is 10.8. The minimum absolute atomic E-state index is 0.631. The number of benzene rings is 1. The Morgan fingerprint density at radius 2 is 1.85 bits per heavy atom. The first-order chi connectivity index (χ1) is 9.66. The molecule has 3 nitrogen and oxygen atoms in total. The molecule has 0 unspecified atom stereocenters. The summed E-state index contributed by atoms with van der Waals surface area (Å²) in [7, 11) is 0. The van der Waals surface area contributed by atoms with Gasteiger partial charge in [0.25, 0.3) is 0 Å². The first-order valence-corrected chi connectivity index (χ1v) is 8.64. The Bertz CT molecular complexity index is 520. The minimum atomic E-state index is 0.631. The van der Waals surface area contributed by atoms with E-state index in [0.29, 0.717) is 6.61 Å². The van der Waals surface area contributed by atoms with Gasteiger partial charge in [0, 0.05) is 23.4 Å². The highest BCUT2D eigenvalue weighted by Crippen LogP contribution is 2.36. The Kier molecular flexibility index (Phi) is 6.61. The van der Waals surface area contributed by atoms with Gasteiger partial charge < -0.3 is 15.0 Å². The lowest BCUT2D eigenvalue weighted by molar-refractivity contribution is 0.311. The molecule has 0 saturated heterocycles. The maximum Gasteiger partial charge on any atom is 0.147 e. The van der Waals surface area contributed by atoms with E-state index in [1.807, 2.05) is 24.5 Å². The number of aromatic nitrogens is 1. The summed E-state index contributed by atoms with van der Waals surface area (Å²) in [6.07, 6.45) is 4.99. The quantitative estimate of drug-likeness (QED) is 0.589. The molecule has 0 aliphatic heterocycles. The molecule has 0 aliphatic rings. The molecule has 1 heterocycles. The zero-order chi connectivity index (χ0) is 14.4. The number of nitrogens with one attached hydrogen (secondary N) is 2. The van der Waals surface area contributed by atoms with E-state index in [0.717, 1.165) is 38.7 Å². The van der Waals surface area contributed by atoms with Crippen LogP contribution >= 0.6 is 47.8 Å². The summed E-state index contributed by atoms with van der Waals surface area (Å²) in [6, 6.07) is 6.03. The predicted octanol–water partition coefficient (Wildman–Crippen LogP) is 4.51. The fourth-order valence-corrected chi connectivity index (χ4v) is 4.25. The van der Waals surface area contributed by atoms with Crippen LogP contribution in [-0.2, 0) is 6.42 Å². The largest absolute Gasteiger partial charge is 0.490 e. The number of H-pyrrole nitrogens is 1. The third-order valence-corrected chi connectivity index (χ3v) is 4.38. The van der Waals surface area contributed by atoms with Crippen LogP contribution in [0, 0.1) is 0 Å². The topological polar surface area (TPSA) is 37.0 Å². The molecule has 0 fully saturated rings. The van der Waals surface area contributed by atoms with Gasteiger partial charge in [-0.15, -0.1) is 0 Å². The second-order valence-electron chi connectivity index (χ2n) is 4.27. The standard InChI is InChI=1S/C14H15Br3N2O/c15-11-7-12(16)14(13(17)8-11)20-6-5-18-3-1-10-2-4-19-9-10/h2,4,7-9,18-19H,1,3,5-6H2. The lowest BCUT2D eigenvalue weighted by Gasteiger charge is -2.11. The molecule has 2 N–H and O–H groups in total. The maximum absolute atomic E-state index is 5.78. The van der Waals surface area contributed by atoms with Crippen molar-refractivity contribution in [1.82, 2.24) is 10.3 Å². The Balaban J connectivity index is 1.68. The molecule has 108 valence electrons. The van der Waals surface area contributed by atoms with E-state index >= 15 is 0 Å². The summed E-state index contributed by atoms with van der Waals surface area (Å²) >= 11 is 10.4. The fraction of sp³-hybridized carbons (Fsp3) is 0.286. The van der Waals surface area contributed by atoms with Gasteiger partial charge in [-0.05, 0) is 68.6 Å². The molecule has 1 aromatic carbocycles. The van der Waals surface area contributed by atoms with Crippen LogP contribution in [0.1, 0.15) is 5.56 Å². The highest BCUT2D eigenvalue weighted by Gasteiger charge is 2.07. The summed E-state index contributed by atoms with van der Waals surface area (Å²) in [4.78, 5) is 3.05.